The first kappa shape index (κ1) is 47.9. The largest absolute Gasteiger partial charge is 0.394 e. The third-order valence-corrected chi connectivity index (χ3v) is 10.2. The van der Waals surface area contributed by atoms with Crippen molar-refractivity contribution in [2.45, 2.75) is 251 Å². The second-order valence-corrected chi connectivity index (χ2v) is 15.1. The van der Waals surface area contributed by atoms with Gasteiger partial charge in [0.05, 0.1) is 18.8 Å². The van der Waals surface area contributed by atoms with E-state index in [4.69, 9.17) is 0 Å². The molecule has 0 aromatic carbocycles. The number of nitrogens with one attached hydrogen (secondary N) is 1. The fraction of sp³-hybridized carbons (Fsp3) is 0.889. The van der Waals surface area contributed by atoms with Crippen LogP contribution in [0.25, 0.3) is 0 Å². The van der Waals surface area contributed by atoms with Crippen LogP contribution >= 0.6 is 0 Å². The quantitative estimate of drug-likeness (QED) is 0.0443. The molecule has 3 N–H and O–H groups in total. The van der Waals surface area contributed by atoms with E-state index in [1.807, 2.05) is 6.08 Å². The molecule has 0 aliphatic rings. The number of carbonyl (C=O) groups is 1. The van der Waals surface area contributed by atoms with Crippen LogP contribution in [0.3, 0.4) is 0 Å². The normalized spacial score (nSPS) is 13.1. The summed E-state index contributed by atoms with van der Waals surface area (Å²) in [7, 11) is 0. The SMILES string of the molecule is CCCCCCCC/C=C\CCCCCC(=O)NC(CO)C(O)/C=C/CCCCCCCCCCCCCCCCCCCCCCCC. The Bertz CT molecular complexity index is 705. The molecule has 0 saturated heterocycles. The van der Waals surface area contributed by atoms with E-state index in [9.17, 15) is 15.0 Å². The van der Waals surface area contributed by atoms with Gasteiger partial charge >= 0.3 is 0 Å². The van der Waals surface area contributed by atoms with Crippen LogP contribution in [0.5, 0.6) is 0 Å². The molecule has 0 aliphatic carbocycles. The Balaban J connectivity index is 3.53. The van der Waals surface area contributed by atoms with Gasteiger partial charge in [0.2, 0.25) is 5.91 Å². The van der Waals surface area contributed by atoms with Crippen molar-refractivity contribution >= 4 is 5.91 Å². The molecule has 0 aromatic heterocycles. The Kier molecular flexibility index (Phi) is 40.3. The number of unbranched alkanes of at least 4 members (excludes halogenated alkanes) is 31. The third kappa shape index (κ3) is 37.9. The van der Waals surface area contributed by atoms with Gasteiger partial charge < -0.3 is 15.5 Å². The number of aliphatic hydroxyl groups is 2. The number of carbonyl (C=O) groups excluding carboxylic acids is 1. The van der Waals surface area contributed by atoms with Gasteiger partial charge in [0.25, 0.3) is 0 Å². The maximum absolute atomic E-state index is 12.3. The molecule has 0 fully saturated rings. The highest BCUT2D eigenvalue weighted by Crippen LogP contribution is 2.16. The van der Waals surface area contributed by atoms with Crippen LogP contribution < -0.4 is 5.32 Å². The molecule has 0 aromatic rings. The molecule has 0 saturated carbocycles. The van der Waals surface area contributed by atoms with Crippen molar-refractivity contribution in [3.05, 3.63) is 24.3 Å². The average molecular weight is 690 g/mol. The van der Waals surface area contributed by atoms with E-state index in [-0.39, 0.29) is 12.5 Å². The standard InChI is InChI=1S/C45H87NO3/c1-3-5-7-9-11-13-15-17-18-19-20-21-22-23-24-25-26-27-29-30-32-34-36-38-40-44(48)43(42-47)46-45(49)41-39-37-35-33-31-28-16-14-12-10-8-6-4-2/h28,31,38,40,43-44,47-48H,3-27,29-30,32-37,39,41-42H2,1-2H3,(H,46,49)/b31-28-,40-38+. The lowest BCUT2D eigenvalue weighted by atomic mass is 10.0. The zero-order valence-corrected chi connectivity index (χ0v) is 33.2. The predicted molar refractivity (Wildman–Crippen MR) is 216 cm³/mol. The van der Waals surface area contributed by atoms with Gasteiger partial charge in [-0.15, -0.1) is 0 Å². The van der Waals surface area contributed by atoms with E-state index in [1.165, 1.54) is 180 Å². The third-order valence-electron chi connectivity index (χ3n) is 10.2. The second kappa shape index (κ2) is 41.3. The monoisotopic (exact) mass is 690 g/mol. The maximum atomic E-state index is 12.3. The molecule has 4 nitrogen and oxygen atoms in total. The van der Waals surface area contributed by atoms with E-state index in [1.54, 1.807) is 6.08 Å². The lowest BCUT2D eigenvalue weighted by Gasteiger charge is -2.19. The summed E-state index contributed by atoms with van der Waals surface area (Å²) in [5.41, 5.74) is 0. The minimum atomic E-state index is -0.842. The van der Waals surface area contributed by atoms with Crippen LogP contribution in [0, 0.1) is 0 Å². The molecule has 49 heavy (non-hydrogen) atoms. The van der Waals surface area contributed by atoms with Crippen molar-refractivity contribution in [1.29, 1.82) is 0 Å². The Labute approximate surface area is 307 Å². The highest BCUT2D eigenvalue weighted by atomic mass is 16.3. The van der Waals surface area contributed by atoms with E-state index in [0.29, 0.717) is 6.42 Å². The predicted octanol–water partition coefficient (Wildman–Crippen LogP) is 13.6. The minimum absolute atomic E-state index is 0.0790. The van der Waals surface area contributed by atoms with Crippen LogP contribution in [0.1, 0.15) is 239 Å². The summed E-state index contributed by atoms with van der Waals surface area (Å²) < 4.78 is 0. The van der Waals surface area contributed by atoms with Crippen molar-refractivity contribution in [3.8, 4) is 0 Å². The minimum Gasteiger partial charge on any atom is -0.394 e. The summed E-state index contributed by atoms with van der Waals surface area (Å²) in [6.45, 7) is 4.30. The summed E-state index contributed by atoms with van der Waals surface area (Å²) in [6, 6.07) is -0.627. The molecule has 0 rings (SSSR count). The van der Waals surface area contributed by atoms with E-state index in [2.05, 4.69) is 31.3 Å². The first-order chi connectivity index (χ1) is 24.2. The lowest BCUT2D eigenvalue weighted by Crippen LogP contribution is -2.45. The van der Waals surface area contributed by atoms with Gasteiger partial charge in [-0.05, 0) is 44.9 Å². The Morgan fingerprint density at radius 3 is 1.12 bits per heavy atom. The summed E-state index contributed by atoms with van der Waals surface area (Å²) in [4.78, 5) is 12.3. The van der Waals surface area contributed by atoms with Gasteiger partial charge in [-0.25, -0.2) is 0 Å². The molecule has 0 heterocycles. The smallest absolute Gasteiger partial charge is 0.220 e. The van der Waals surface area contributed by atoms with Crippen LogP contribution in [0.15, 0.2) is 24.3 Å². The lowest BCUT2D eigenvalue weighted by molar-refractivity contribution is -0.123. The Hall–Kier alpha value is -1.13. The maximum Gasteiger partial charge on any atom is 0.220 e. The van der Waals surface area contributed by atoms with Crippen molar-refractivity contribution in [2.75, 3.05) is 6.61 Å². The molecule has 4 heteroatoms. The van der Waals surface area contributed by atoms with Crippen LogP contribution in [0.4, 0.5) is 0 Å². The fourth-order valence-electron chi connectivity index (χ4n) is 6.76. The molecule has 2 unspecified atom stereocenters. The molecule has 0 spiro atoms. The molecule has 0 aliphatic heterocycles. The number of amides is 1. The Morgan fingerprint density at radius 1 is 0.469 bits per heavy atom. The Morgan fingerprint density at radius 2 is 0.776 bits per heavy atom. The first-order valence-corrected chi connectivity index (χ1v) is 22.1. The zero-order valence-electron chi connectivity index (χ0n) is 33.2. The summed E-state index contributed by atoms with van der Waals surface area (Å²) in [6.07, 6.45) is 52.9. The number of hydrogen-bond acceptors (Lipinski definition) is 3. The van der Waals surface area contributed by atoms with E-state index < -0.39 is 12.1 Å². The highest BCUT2D eigenvalue weighted by molar-refractivity contribution is 5.76. The van der Waals surface area contributed by atoms with Crippen molar-refractivity contribution < 1.29 is 15.0 Å². The van der Waals surface area contributed by atoms with Gasteiger partial charge in [0.15, 0.2) is 0 Å². The van der Waals surface area contributed by atoms with Crippen molar-refractivity contribution in [1.82, 2.24) is 5.32 Å². The average Bonchev–Trinajstić information content (AvgIpc) is 3.10. The number of rotatable bonds is 40. The number of allylic oxidation sites excluding steroid dienone is 3. The number of hydrogen-bond donors (Lipinski definition) is 3. The van der Waals surface area contributed by atoms with E-state index in [0.717, 1.165) is 38.5 Å². The number of aliphatic hydroxyl groups excluding tert-OH is 2. The molecular formula is C45H87NO3. The summed E-state index contributed by atoms with van der Waals surface area (Å²) in [5, 5.41) is 23.0. The van der Waals surface area contributed by atoms with Gasteiger partial charge in [-0.3, -0.25) is 4.79 Å². The topological polar surface area (TPSA) is 69.6 Å². The van der Waals surface area contributed by atoms with Gasteiger partial charge in [0, 0.05) is 6.42 Å². The molecule has 290 valence electrons. The molecule has 1 amide bonds. The molecular weight excluding hydrogens is 602 g/mol. The van der Waals surface area contributed by atoms with E-state index >= 15 is 0 Å². The van der Waals surface area contributed by atoms with Gasteiger partial charge in [0.1, 0.15) is 0 Å². The van der Waals surface area contributed by atoms with Crippen molar-refractivity contribution in [2.24, 2.45) is 0 Å². The van der Waals surface area contributed by atoms with Crippen LogP contribution in [-0.2, 0) is 4.79 Å². The van der Waals surface area contributed by atoms with Crippen molar-refractivity contribution in [3.63, 3.8) is 0 Å². The molecule has 0 bridgehead atoms. The first-order valence-electron chi connectivity index (χ1n) is 22.1. The fourth-order valence-corrected chi connectivity index (χ4v) is 6.76. The zero-order chi connectivity index (χ0) is 35.7. The van der Waals surface area contributed by atoms with Gasteiger partial charge in [-0.1, -0.05) is 212 Å². The van der Waals surface area contributed by atoms with Crippen LogP contribution in [0.2, 0.25) is 0 Å². The second-order valence-electron chi connectivity index (χ2n) is 15.1. The van der Waals surface area contributed by atoms with Gasteiger partial charge in [-0.2, -0.15) is 0 Å². The summed E-state index contributed by atoms with van der Waals surface area (Å²) >= 11 is 0. The highest BCUT2D eigenvalue weighted by Gasteiger charge is 2.17. The molecule has 0 radical (unpaired) electrons. The molecule has 2 atom stereocenters. The van der Waals surface area contributed by atoms with Crippen LogP contribution in [-0.4, -0.2) is 34.9 Å². The summed E-state index contributed by atoms with van der Waals surface area (Å²) in [5.74, 6) is -0.0790.